The fraction of sp³-hybridized carbons (Fsp3) is 0.324. The number of amides is 3. The maximum Gasteiger partial charge on any atom is 0.422 e. The van der Waals surface area contributed by atoms with Gasteiger partial charge in [0.2, 0.25) is 11.9 Å². The maximum absolute atomic E-state index is 13.1. The normalized spacial score (nSPS) is 13.8. The van der Waals surface area contributed by atoms with Crippen molar-refractivity contribution in [3.8, 4) is 6.01 Å². The Balaban J connectivity index is 1.23. The van der Waals surface area contributed by atoms with Gasteiger partial charge < -0.3 is 36.1 Å². The number of nitrogens with zero attached hydrogens (tertiary/aromatic N) is 3. The van der Waals surface area contributed by atoms with Gasteiger partial charge in [0.05, 0.1) is 12.6 Å². The number of ether oxygens (including phenoxy) is 2. The summed E-state index contributed by atoms with van der Waals surface area (Å²) < 4.78 is 48.5. The number of rotatable bonds is 13. The molecule has 1 aliphatic rings. The quantitative estimate of drug-likeness (QED) is 0.0836. The zero-order valence-electron chi connectivity index (χ0n) is 30.1. The lowest BCUT2D eigenvalue weighted by Gasteiger charge is -2.20. The Labute approximate surface area is 319 Å². The second kappa shape index (κ2) is 16.6. The smallest absolute Gasteiger partial charge is 0.422 e. The van der Waals surface area contributed by atoms with Crippen LogP contribution >= 0.6 is 11.6 Å². The zero-order valence-corrected chi connectivity index (χ0v) is 30.9. The van der Waals surface area contributed by atoms with E-state index < -0.39 is 60.6 Å². The van der Waals surface area contributed by atoms with Gasteiger partial charge in [0, 0.05) is 28.5 Å². The molecule has 1 atom stereocenters. The van der Waals surface area contributed by atoms with Crippen molar-refractivity contribution in [2.24, 2.45) is 0 Å². The Kier molecular flexibility index (Phi) is 12.1. The summed E-state index contributed by atoms with van der Waals surface area (Å²) >= 11 is 6.03. The summed E-state index contributed by atoms with van der Waals surface area (Å²) in [5, 5.41) is 13.9. The molecule has 1 aliphatic carbocycles. The lowest BCUT2D eigenvalue weighted by Crippen LogP contribution is -2.50. The molecule has 3 aromatic carbocycles. The first-order valence-corrected chi connectivity index (χ1v) is 17.3. The molecule has 1 heterocycles. The van der Waals surface area contributed by atoms with E-state index in [0.717, 1.165) is 18.2 Å². The van der Waals surface area contributed by atoms with E-state index in [4.69, 9.17) is 21.1 Å². The van der Waals surface area contributed by atoms with Crippen LogP contribution in [0, 0.1) is 0 Å². The van der Waals surface area contributed by atoms with Crippen LogP contribution in [0.3, 0.4) is 0 Å². The summed E-state index contributed by atoms with van der Waals surface area (Å²) in [5.74, 6) is -3.79. The number of alkyl halides is 3. The third-order valence-corrected chi connectivity index (χ3v) is 8.58. The van der Waals surface area contributed by atoms with Crippen LogP contribution in [0.4, 0.5) is 36.4 Å². The molecule has 5 rings (SSSR count). The van der Waals surface area contributed by atoms with Crippen molar-refractivity contribution in [3.05, 3.63) is 94.5 Å². The minimum Gasteiger partial charge on any atom is -0.467 e. The molecule has 1 aromatic heterocycles. The highest BCUT2D eigenvalue weighted by Gasteiger charge is 2.45. The average Bonchev–Trinajstić information content (AvgIpc) is 3.92. The zero-order chi connectivity index (χ0) is 40.0. The molecule has 14 nitrogen and oxygen atoms in total. The van der Waals surface area contributed by atoms with E-state index in [1.165, 1.54) is 24.3 Å². The minimum atomic E-state index is -4.64. The predicted molar refractivity (Wildman–Crippen MR) is 197 cm³/mol. The monoisotopic (exact) mass is 782 g/mol. The second-order valence-corrected chi connectivity index (χ2v) is 14.1. The first-order chi connectivity index (χ1) is 25.9. The van der Waals surface area contributed by atoms with Crippen LogP contribution in [0.25, 0.3) is 0 Å². The van der Waals surface area contributed by atoms with Gasteiger partial charge in [-0.2, -0.15) is 28.1 Å². The largest absolute Gasteiger partial charge is 0.467 e. The van der Waals surface area contributed by atoms with E-state index in [1.807, 2.05) is 39.0 Å². The maximum atomic E-state index is 13.1. The summed E-state index contributed by atoms with van der Waals surface area (Å²) in [6.45, 7) is 3.93. The van der Waals surface area contributed by atoms with Crippen LogP contribution in [0.15, 0.2) is 72.8 Å². The van der Waals surface area contributed by atoms with Crippen LogP contribution in [0.1, 0.15) is 55.1 Å². The molecule has 18 heteroatoms. The summed E-state index contributed by atoms with van der Waals surface area (Å²) in [7, 11) is 1.10. The number of carbonyl (C=O) groups excluding carboxylic acids is 4. The molecule has 0 unspecified atom stereocenters. The number of hydrogen-bond acceptors (Lipinski definition) is 11. The molecule has 0 saturated heterocycles. The third-order valence-electron chi connectivity index (χ3n) is 8.33. The van der Waals surface area contributed by atoms with Gasteiger partial charge in [0.15, 0.2) is 6.61 Å². The van der Waals surface area contributed by atoms with Gasteiger partial charge in [-0.15, -0.1) is 0 Å². The van der Waals surface area contributed by atoms with Gasteiger partial charge in [-0.1, -0.05) is 56.6 Å². The third kappa shape index (κ3) is 11.3. The molecule has 290 valence electrons. The van der Waals surface area contributed by atoms with Gasteiger partial charge in [-0.25, -0.2) is 4.79 Å². The Bertz CT molecular complexity index is 2040. The van der Waals surface area contributed by atoms with E-state index in [-0.39, 0.29) is 22.9 Å². The van der Waals surface area contributed by atoms with E-state index >= 15 is 0 Å². The van der Waals surface area contributed by atoms with Gasteiger partial charge in [-0.3, -0.25) is 14.4 Å². The van der Waals surface area contributed by atoms with Crippen molar-refractivity contribution in [2.75, 3.05) is 36.2 Å². The summed E-state index contributed by atoms with van der Waals surface area (Å²) in [6, 6.07) is 17.9. The van der Waals surface area contributed by atoms with Crippen LogP contribution in [0.2, 0.25) is 5.02 Å². The number of nitrogens with one attached hydrogen (secondary N) is 5. The number of anilines is 4. The molecule has 0 aliphatic heterocycles. The molecule has 0 spiro atoms. The first kappa shape index (κ1) is 40.2. The number of carbonyl (C=O) groups is 4. The van der Waals surface area contributed by atoms with E-state index in [0.29, 0.717) is 29.2 Å². The van der Waals surface area contributed by atoms with Gasteiger partial charge in [0.25, 0.3) is 5.91 Å². The SMILES string of the molecule is COC(=O)[C@H](CNC(=O)C(=O)Nc1cccc(C(C)(C)C)c1)NC(=O)c1ccc(Nc2nc(NC3(c4ccc(Cl)cc4)CC3)nc(OCC(F)(F)F)n2)cc1. The van der Waals surface area contributed by atoms with Crippen LogP contribution < -0.4 is 31.3 Å². The fourth-order valence-corrected chi connectivity index (χ4v) is 5.34. The molecule has 3 amide bonds. The van der Waals surface area contributed by atoms with Crippen LogP contribution in [-0.2, 0) is 30.1 Å². The summed E-state index contributed by atoms with van der Waals surface area (Å²) in [5.41, 5.74) is 1.91. The van der Waals surface area contributed by atoms with Gasteiger partial charge >= 0.3 is 30.0 Å². The number of aromatic nitrogens is 3. The standard InChI is InChI=1S/C37H38ClF3N8O6/c1-35(2,3)23-6-5-7-26(18-23)43-30(52)29(51)42-19-27(31(53)54-4)45-28(50)21-8-14-25(15-9-21)44-32-46-33(48-34(47-32)55-20-37(39,40)41)49-36(16-17-36)22-10-12-24(38)13-11-22/h5-15,18,27H,16-17,19-20H2,1-4H3,(H,42,51)(H,43,52)(H,45,50)(H2,44,46,47,48,49)/t27-/m0/s1. The lowest BCUT2D eigenvalue weighted by atomic mass is 9.87. The highest BCUT2D eigenvalue weighted by molar-refractivity contribution is 6.39. The summed E-state index contributed by atoms with van der Waals surface area (Å²) in [6.07, 6.45) is -3.23. The van der Waals surface area contributed by atoms with Gasteiger partial charge in [0.1, 0.15) is 6.04 Å². The Hall–Kier alpha value is -5.97. The van der Waals surface area contributed by atoms with Crippen molar-refractivity contribution in [1.82, 2.24) is 25.6 Å². The topological polar surface area (TPSA) is 186 Å². The molecule has 55 heavy (non-hydrogen) atoms. The summed E-state index contributed by atoms with van der Waals surface area (Å²) in [4.78, 5) is 63.1. The van der Waals surface area contributed by atoms with E-state index in [1.54, 1.807) is 30.3 Å². The average molecular weight is 783 g/mol. The molecule has 5 N–H and O–H groups in total. The molecular formula is C37H38ClF3N8O6. The molecule has 4 aromatic rings. The van der Waals surface area contributed by atoms with Crippen LogP contribution in [0.5, 0.6) is 6.01 Å². The van der Waals surface area contributed by atoms with Crippen molar-refractivity contribution >= 4 is 58.6 Å². The van der Waals surface area contributed by atoms with Crippen molar-refractivity contribution in [3.63, 3.8) is 0 Å². The number of methoxy groups -OCH3 is 1. The van der Waals surface area contributed by atoms with E-state index in [9.17, 15) is 32.3 Å². The molecule has 0 radical (unpaired) electrons. The Morgan fingerprint density at radius 3 is 2.16 bits per heavy atom. The van der Waals surface area contributed by atoms with Gasteiger partial charge in [-0.05, 0) is 77.9 Å². The molecule has 1 saturated carbocycles. The second-order valence-electron chi connectivity index (χ2n) is 13.6. The highest BCUT2D eigenvalue weighted by Crippen LogP contribution is 2.48. The number of benzene rings is 3. The van der Waals surface area contributed by atoms with Crippen LogP contribution in [-0.4, -0.2) is 71.1 Å². The Morgan fingerprint density at radius 2 is 1.55 bits per heavy atom. The first-order valence-electron chi connectivity index (χ1n) is 16.9. The molecule has 1 fully saturated rings. The number of hydrogen-bond donors (Lipinski definition) is 5. The minimum absolute atomic E-state index is 0.0358. The van der Waals surface area contributed by atoms with E-state index in [2.05, 4.69) is 41.5 Å². The van der Waals surface area contributed by atoms with Crippen molar-refractivity contribution in [1.29, 1.82) is 0 Å². The van der Waals surface area contributed by atoms with Crippen molar-refractivity contribution in [2.45, 2.75) is 56.8 Å². The predicted octanol–water partition coefficient (Wildman–Crippen LogP) is 5.63. The highest BCUT2D eigenvalue weighted by atomic mass is 35.5. The molecular weight excluding hydrogens is 745 g/mol. The van der Waals surface area contributed by atoms with Crippen molar-refractivity contribution < 1.29 is 41.8 Å². The fourth-order valence-electron chi connectivity index (χ4n) is 5.21. The molecule has 0 bridgehead atoms. The Morgan fingerprint density at radius 1 is 0.873 bits per heavy atom. The number of halogens is 4. The lowest BCUT2D eigenvalue weighted by molar-refractivity contribution is -0.154. The number of esters is 1.